The molecule has 0 amide bonds. The fourth-order valence-corrected chi connectivity index (χ4v) is 2.11. The third kappa shape index (κ3) is 6.98. The molecule has 0 saturated carbocycles. The van der Waals surface area contributed by atoms with Crippen molar-refractivity contribution in [2.75, 3.05) is 18.8 Å². The zero-order valence-electron chi connectivity index (χ0n) is 8.41. The maximum Gasteiger partial charge on any atom is 0.211 e. The Morgan fingerprint density at radius 2 is 2.08 bits per heavy atom. The summed E-state index contributed by atoms with van der Waals surface area (Å²) in [6.07, 6.45) is 1.61. The van der Waals surface area contributed by atoms with Gasteiger partial charge in [0, 0.05) is 6.54 Å². The van der Waals surface area contributed by atoms with Gasteiger partial charge in [-0.05, 0) is 18.9 Å². The van der Waals surface area contributed by atoms with Gasteiger partial charge >= 0.3 is 0 Å². The first kappa shape index (κ1) is 12.9. The van der Waals surface area contributed by atoms with E-state index in [1.807, 2.05) is 13.8 Å². The maximum atomic E-state index is 11.3. The van der Waals surface area contributed by atoms with Gasteiger partial charge in [0.1, 0.15) is 0 Å². The van der Waals surface area contributed by atoms with Gasteiger partial charge in [-0.3, -0.25) is 0 Å². The Morgan fingerprint density at radius 3 is 2.54 bits per heavy atom. The van der Waals surface area contributed by atoms with Gasteiger partial charge in [0.25, 0.3) is 0 Å². The fraction of sp³-hybridized carbons (Fsp3) is 1.00. The lowest BCUT2D eigenvalue weighted by Crippen LogP contribution is -2.32. The van der Waals surface area contributed by atoms with Crippen molar-refractivity contribution in [1.82, 2.24) is 4.72 Å². The van der Waals surface area contributed by atoms with Crippen LogP contribution in [0.25, 0.3) is 0 Å². The van der Waals surface area contributed by atoms with E-state index in [4.69, 9.17) is 5.73 Å². The second-order valence-corrected chi connectivity index (χ2v) is 5.29. The third-order valence-corrected chi connectivity index (χ3v) is 3.25. The maximum absolute atomic E-state index is 11.3. The van der Waals surface area contributed by atoms with Gasteiger partial charge in [-0.15, -0.1) is 0 Å². The molecule has 0 aliphatic heterocycles. The minimum absolute atomic E-state index is 0.205. The number of sulfonamides is 1. The minimum Gasteiger partial charge on any atom is -0.330 e. The molecule has 5 heteroatoms. The van der Waals surface area contributed by atoms with E-state index in [-0.39, 0.29) is 11.7 Å². The molecule has 4 nitrogen and oxygen atoms in total. The summed E-state index contributed by atoms with van der Waals surface area (Å²) in [6, 6.07) is 0. The van der Waals surface area contributed by atoms with Crippen molar-refractivity contribution in [1.29, 1.82) is 0 Å². The average Bonchev–Trinajstić information content (AvgIpc) is 2.11. The van der Waals surface area contributed by atoms with Gasteiger partial charge in [-0.1, -0.05) is 20.3 Å². The number of hydrogen-bond donors (Lipinski definition) is 2. The van der Waals surface area contributed by atoms with Crippen molar-refractivity contribution in [2.24, 2.45) is 11.7 Å². The van der Waals surface area contributed by atoms with Crippen molar-refractivity contribution in [3.8, 4) is 0 Å². The van der Waals surface area contributed by atoms with Gasteiger partial charge in [-0.25, -0.2) is 13.1 Å². The molecule has 0 saturated heterocycles. The highest BCUT2D eigenvalue weighted by atomic mass is 32.2. The summed E-state index contributed by atoms with van der Waals surface area (Å²) in [4.78, 5) is 0. The molecule has 0 aliphatic rings. The predicted molar refractivity (Wildman–Crippen MR) is 54.9 cm³/mol. The van der Waals surface area contributed by atoms with Crippen LogP contribution in [0, 0.1) is 5.92 Å². The van der Waals surface area contributed by atoms with E-state index >= 15 is 0 Å². The summed E-state index contributed by atoms with van der Waals surface area (Å²) >= 11 is 0. The second kappa shape index (κ2) is 6.34. The van der Waals surface area contributed by atoms with Crippen LogP contribution in [0.2, 0.25) is 0 Å². The first-order valence-electron chi connectivity index (χ1n) is 4.69. The van der Waals surface area contributed by atoms with Crippen molar-refractivity contribution in [3.63, 3.8) is 0 Å². The van der Waals surface area contributed by atoms with E-state index in [2.05, 4.69) is 4.72 Å². The van der Waals surface area contributed by atoms with Crippen LogP contribution in [0.5, 0.6) is 0 Å². The average molecular weight is 208 g/mol. The van der Waals surface area contributed by atoms with Gasteiger partial charge in [0.05, 0.1) is 5.75 Å². The SMILES string of the molecule is CCCCS(=O)(=O)NCC(C)CN. The summed E-state index contributed by atoms with van der Waals surface area (Å²) in [7, 11) is -3.05. The summed E-state index contributed by atoms with van der Waals surface area (Å²) in [5.41, 5.74) is 5.37. The zero-order chi connectivity index (χ0) is 10.3. The van der Waals surface area contributed by atoms with E-state index in [9.17, 15) is 8.42 Å². The minimum atomic E-state index is -3.05. The Hall–Kier alpha value is -0.130. The van der Waals surface area contributed by atoms with E-state index < -0.39 is 10.0 Å². The lowest BCUT2D eigenvalue weighted by Gasteiger charge is -2.10. The van der Waals surface area contributed by atoms with E-state index in [0.717, 1.165) is 6.42 Å². The van der Waals surface area contributed by atoms with Gasteiger partial charge in [0.2, 0.25) is 10.0 Å². The Morgan fingerprint density at radius 1 is 1.46 bits per heavy atom. The lowest BCUT2D eigenvalue weighted by atomic mass is 10.2. The molecule has 0 spiro atoms. The third-order valence-electron chi connectivity index (χ3n) is 1.82. The molecule has 0 aromatic carbocycles. The monoisotopic (exact) mass is 208 g/mol. The Bertz CT molecular complexity index is 214. The molecule has 0 rings (SSSR count). The standard InChI is InChI=1S/C8H20N2O2S/c1-3-4-5-13(11,12)10-7-8(2)6-9/h8,10H,3-7,9H2,1-2H3. The molecule has 0 bridgehead atoms. The van der Waals surface area contributed by atoms with E-state index in [1.54, 1.807) is 0 Å². The summed E-state index contributed by atoms with van der Waals surface area (Å²) in [6.45, 7) is 4.85. The van der Waals surface area contributed by atoms with Crippen LogP contribution in [0.3, 0.4) is 0 Å². The van der Waals surface area contributed by atoms with Gasteiger partial charge in [0.15, 0.2) is 0 Å². The highest BCUT2D eigenvalue weighted by Gasteiger charge is 2.09. The van der Waals surface area contributed by atoms with E-state index in [1.165, 1.54) is 0 Å². The number of unbranched alkanes of at least 4 members (excludes halogenated alkanes) is 1. The molecular weight excluding hydrogens is 188 g/mol. The Labute approximate surface area is 80.9 Å². The zero-order valence-corrected chi connectivity index (χ0v) is 9.23. The Balaban J connectivity index is 3.76. The molecule has 0 aromatic rings. The van der Waals surface area contributed by atoms with Crippen LogP contribution in [-0.2, 0) is 10.0 Å². The number of hydrogen-bond acceptors (Lipinski definition) is 3. The van der Waals surface area contributed by atoms with Crippen LogP contribution in [0.15, 0.2) is 0 Å². The van der Waals surface area contributed by atoms with Crippen LogP contribution in [0.4, 0.5) is 0 Å². The lowest BCUT2D eigenvalue weighted by molar-refractivity contribution is 0.543. The highest BCUT2D eigenvalue weighted by molar-refractivity contribution is 7.89. The second-order valence-electron chi connectivity index (χ2n) is 3.36. The van der Waals surface area contributed by atoms with Crippen LogP contribution in [-0.4, -0.2) is 27.3 Å². The first-order chi connectivity index (χ1) is 6.02. The van der Waals surface area contributed by atoms with E-state index in [0.29, 0.717) is 19.5 Å². The van der Waals surface area contributed by atoms with Crippen molar-refractivity contribution in [2.45, 2.75) is 26.7 Å². The molecule has 1 atom stereocenters. The van der Waals surface area contributed by atoms with Crippen molar-refractivity contribution >= 4 is 10.0 Å². The van der Waals surface area contributed by atoms with Gasteiger partial charge in [-0.2, -0.15) is 0 Å². The molecule has 3 N–H and O–H groups in total. The van der Waals surface area contributed by atoms with Crippen LogP contribution < -0.4 is 10.5 Å². The summed E-state index contributed by atoms with van der Waals surface area (Å²) in [5, 5.41) is 0. The smallest absolute Gasteiger partial charge is 0.211 e. The molecule has 1 unspecified atom stereocenters. The first-order valence-corrected chi connectivity index (χ1v) is 6.34. The molecule has 0 aliphatic carbocycles. The molecular formula is C8H20N2O2S. The Kier molecular flexibility index (Phi) is 6.28. The van der Waals surface area contributed by atoms with Crippen molar-refractivity contribution < 1.29 is 8.42 Å². The summed E-state index contributed by atoms with van der Waals surface area (Å²) < 4.78 is 25.1. The van der Waals surface area contributed by atoms with Crippen molar-refractivity contribution in [3.05, 3.63) is 0 Å². The fourth-order valence-electron chi connectivity index (χ4n) is 0.759. The normalized spacial score (nSPS) is 14.4. The van der Waals surface area contributed by atoms with Gasteiger partial charge < -0.3 is 5.73 Å². The molecule has 0 radical (unpaired) electrons. The van der Waals surface area contributed by atoms with Crippen LogP contribution >= 0.6 is 0 Å². The van der Waals surface area contributed by atoms with Crippen LogP contribution in [0.1, 0.15) is 26.7 Å². The largest absolute Gasteiger partial charge is 0.330 e. The quantitative estimate of drug-likeness (QED) is 0.632. The molecule has 0 heterocycles. The number of rotatable bonds is 7. The highest BCUT2D eigenvalue weighted by Crippen LogP contribution is 1.95. The topological polar surface area (TPSA) is 72.2 Å². The summed E-state index contributed by atoms with van der Waals surface area (Å²) in [5.74, 6) is 0.428. The molecule has 80 valence electrons. The molecule has 0 fully saturated rings. The molecule has 13 heavy (non-hydrogen) atoms. The predicted octanol–water partition coefficient (Wildman–Crippen LogP) is 0.301. The number of nitrogens with two attached hydrogens (primary N) is 1. The number of nitrogens with one attached hydrogen (secondary N) is 1. The molecule has 0 aromatic heterocycles.